The van der Waals surface area contributed by atoms with E-state index in [1.165, 1.54) is 0 Å². The normalized spacial score (nSPS) is 20.2. The lowest BCUT2D eigenvalue weighted by Crippen LogP contribution is -2.52. The van der Waals surface area contributed by atoms with Gasteiger partial charge in [-0.05, 0) is 13.3 Å². The van der Waals surface area contributed by atoms with Crippen LogP contribution in [0.2, 0.25) is 0 Å². The van der Waals surface area contributed by atoms with E-state index < -0.39 is 0 Å². The summed E-state index contributed by atoms with van der Waals surface area (Å²) < 4.78 is 0. The molecule has 82 valence electrons. The van der Waals surface area contributed by atoms with Crippen molar-refractivity contribution in [1.29, 1.82) is 0 Å². The van der Waals surface area contributed by atoms with Gasteiger partial charge in [0.1, 0.15) is 0 Å². The van der Waals surface area contributed by atoms with Crippen LogP contribution in [-0.2, 0) is 4.79 Å². The summed E-state index contributed by atoms with van der Waals surface area (Å²) in [4.78, 5) is 13.4. The molecule has 0 bridgehead atoms. The third kappa shape index (κ3) is 3.27. The Bertz CT molecular complexity index is 191. The summed E-state index contributed by atoms with van der Waals surface area (Å²) in [5, 5.41) is 11.7. The molecule has 0 spiro atoms. The van der Waals surface area contributed by atoms with Crippen molar-refractivity contribution in [3.8, 4) is 0 Å². The molecule has 1 aliphatic rings. The van der Waals surface area contributed by atoms with Crippen molar-refractivity contribution in [2.75, 3.05) is 26.2 Å². The molecule has 0 aromatic carbocycles. The van der Waals surface area contributed by atoms with Crippen LogP contribution in [0.4, 0.5) is 0 Å². The molecular weight excluding hydrogens is 180 g/mol. The lowest BCUT2D eigenvalue weighted by molar-refractivity contribution is -0.124. The summed E-state index contributed by atoms with van der Waals surface area (Å²) in [6.07, 6.45) is 0.963. The minimum Gasteiger partial charge on any atom is -0.396 e. The van der Waals surface area contributed by atoms with Gasteiger partial charge in [0.2, 0.25) is 5.91 Å². The van der Waals surface area contributed by atoms with E-state index in [0.717, 1.165) is 19.5 Å². The van der Waals surface area contributed by atoms with Crippen LogP contribution in [-0.4, -0.2) is 48.2 Å². The molecule has 1 rings (SSSR count). The van der Waals surface area contributed by atoms with Crippen molar-refractivity contribution in [2.24, 2.45) is 5.92 Å². The maximum atomic E-state index is 11.4. The van der Waals surface area contributed by atoms with E-state index in [0.29, 0.717) is 12.5 Å². The van der Waals surface area contributed by atoms with Crippen LogP contribution in [0, 0.1) is 5.92 Å². The number of nitrogens with one attached hydrogen (secondary N) is 1. The molecule has 0 aromatic heterocycles. The Morgan fingerprint density at radius 1 is 1.64 bits per heavy atom. The van der Waals surface area contributed by atoms with Gasteiger partial charge in [0.05, 0.1) is 6.54 Å². The number of amides is 1. The van der Waals surface area contributed by atoms with Crippen LogP contribution in [0.15, 0.2) is 0 Å². The van der Waals surface area contributed by atoms with Crippen LogP contribution in [0.3, 0.4) is 0 Å². The second-order valence-electron chi connectivity index (χ2n) is 4.12. The number of carbonyl (C=O) groups excluding carboxylic acids is 1. The third-order valence-electron chi connectivity index (χ3n) is 2.68. The first kappa shape index (κ1) is 11.5. The molecule has 14 heavy (non-hydrogen) atoms. The largest absolute Gasteiger partial charge is 0.396 e. The van der Waals surface area contributed by atoms with Crippen LogP contribution in [0.5, 0.6) is 0 Å². The van der Waals surface area contributed by atoms with E-state index in [1.807, 2.05) is 6.92 Å². The van der Waals surface area contributed by atoms with Crippen LogP contribution < -0.4 is 5.32 Å². The van der Waals surface area contributed by atoms with E-state index in [1.54, 1.807) is 0 Å². The van der Waals surface area contributed by atoms with Crippen LogP contribution in [0.1, 0.15) is 20.3 Å². The molecule has 0 saturated carbocycles. The predicted octanol–water partition coefficient (Wildman–Crippen LogP) is -0.175. The molecule has 1 fully saturated rings. The fourth-order valence-corrected chi connectivity index (χ4v) is 1.55. The third-order valence-corrected chi connectivity index (χ3v) is 2.68. The van der Waals surface area contributed by atoms with Gasteiger partial charge in [-0.1, -0.05) is 6.92 Å². The average molecular weight is 200 g/mol. The highest BCUT2D eigenvalue weighted by atomic mass is 16.3. The van der Waals surface area contributed by atoms with Gasteiger partial charge >= 0.3 is 0 Å². The number of nitrogens with zero attached hydrogens (tertiary/aromatic N) is 1. The van der Waals surface area contributed by atoms with E-state index in [2.05, 4.69) is 17.1 Å². The van der Waals surface area contributed by atoms with Crippen molar-refractivity contribution in [3.63, 3.8) is 0 Å². The Kier molecular flexibility index (Phi) is 4.35. The fourth-order valence-electron chi connectivity index (χ4n) is 1.55. The first-order chi connectivity index (χ1) is 6.65. The number of aliphatic hydroxyl groups is 1. The smallest absolute Gasteiger partial charge is 0.234 e. The maximum Gasteiger partial charge on any atom is 0.234 e. The van der Waals surface area contributed by atoms with E-state index in [9.17, 15) is 4.79 Å². The molecular formula is C10H20N2O2. The molecule has 1 aliphatic heterocycles. The van der Waals surface area contributed by atoms with Crippen molar-refractivity contribution >= 4 is 5.91 Å². The number of hydrogen-bond donors (Lipinski definition) is 2. The van der Waals surface area contributed by atoms with Crippen molar-refractivity contribution in [3.05, 3.63) is 0 Å². The van der Waals surface area contributed by atoms with Gasteiger partial charge < -0.3 is 10.4 Å². The summed E-state index contributed by atoms with van der Waals surface area (Å²) >= 11 is 0. The number of rotatable bonds is 5. The van der Waals surface area contributed by atoms with Gasteiger partial charge in [-0.3, -0.25) is 9.69 Å². The standard InChI is InChI=1S/C10H20N2O2/c1-3-8(2)11-10(14)6-12-4-9(5-12)7-13/h8-9,13H,3-7H2,1-2H3,(H,11,14). The van der Waals surface area contributed by atoms with Gasteiger partial charge in [-0.15, -0.1) is 0 Å². The molecule has 0 radical (unpaired) electrons. The highest BCUT2D eigenvalue weighted by Gasteiger charge is 2.27. The van der Waals surface area contributed by atoms with Gasteiger partial charge in [0, 0.05) is 31.7 Å². The maximum absolute atomic E-state index is 11.4. The van der Waals surface area contributed by atoms with Crippen molar-refractivity contribution in [2.45, 2.75) is 26.3 Å². The Balaban J connectivity index is 2.10. The van der Waals surface area contributed by atoms with E-state index >= 15 is 0 Å². The topological polar surface area (TPSA) is 52.6 Å². The Morgan fingerprint density at radius 3 is 2.79 bits per heavy atom. The van der Waals surface area contributed by atoms with Gasteiger partial charge in [-0.2, -0.15) is 0 Å². The lowest BCUT2D eigenvalue weighted by atomic mass is 10.0. The summed E-state index contributed by atoms with van der Waals surface area (Å²) in [6.45, 7) is 6.47. The molecule has 1 saturated heterocycles. The summed E-state index contributed by atoms with van der Waals surface area (Å²) in [5.74, 6) is 0.474. The Labute approximate surface area is 85.3 Å². The fraction of sp³-hybridized carbons (Fsp3) is 0.900. The Hall–Kier alpha value is -0.610. The number of likely N-dealkylation sites (tertiary alicyclic amines) is 1. The molecule has 1 atom stereocenters. The molecule has 1 unspecified atom stereocenters. The second-order valence-corrected chi connectivity index (χ2v) is 4.12. The molecule has 1 heterocycles. The number of hydrogen-bond acceptors (Lipinski definition) is 3. The summed E-state index contributed by atoms with van der Waals surface area (Å²) in [6, 6.07) is 0.261. The molecule has 4 heteroatoms. The predicted molar refractivity (Wildman–Crippen MR) is 54.9 cm³/mol. The Morgan fingerprint density at radius 2 is 2.29 bits per heavy atom. The quantitative estimate of drug-likeness (QED) is 0.647. The summed E-state index contributed by atoms with van der Waals surface area (Å²) in [7, 11) is 0. The molecule has 2 N–H and O–H groups in total. The zero-order valence-electron chi connectivity index (χ0n) is 8.99. The highest BCUT2D eigenvalue weighted by molar-refractivity contribution is 5.78. The molecule has 1 amide bonds. The average Bonchev–Trinajstić information content (AvgIpc) is 2.10. The highest BCUT2D eigenvalue weighted by Crippen LogP contribution is 2.13. The lowest BCUT2D eigenvalue weighted by Gasteiger charge is -2.37. The molecule has 0 aliphatic carbocycles. The molecule has 0 aromatic rings. The minimum absolute atomic E-state index is 0.0933. The van der Waals surface area contributed by atoms with Crippen molar-refractivity contribution in [1.82, 2.24) is 10.2 Å². The van der Waals surface area contributed by atoms with Crippen LogP contribution in [0.25, 0.3) is 0 Å². The van der Waals surface area contributed by atoms with Crippen LogP contribution >= 0.6 is 0 Å². The summed E-state index contributed by atoms with van der Waals surface area (Å²) in [5.41, 5.74) is 0. The van der Waals surface area contributed by atoms with Crippen molar-refractivity contribution < 1.29 is 9.90 Å². The number of carbonyl (C=O) groups is 1. The first-order valence-corrected chi connectivity index (χ1v) is 5.28. The van der Waals surface area contributed by atoms with Gasteiger partial charge in [-0.25, -0.2) is 0 Å². The first-order valence-electron chi connectivity index (χ1n) is 5.28. The minimum atomic E-state index is 0.0933. The van der Waals surface area contributed by atoms with Gasteiger partial charge in [0.25, 0.3) is 0 Å². The zero-order valence-corrected chi connectivity index (χ0v) is 8.99. The molecule has 4 nitrogen and oxygen atoms in total. The van der Waals surface area contributed by atoms with E-state index in [4.69, 9.17) is 5.11 Å². The van der Waals surface area contributed by atoms with E-state index in [-0.39, 0.29) is 18.6 Å². The van der Waals surface area contributed by atoms with Gasteiger partial charge in [0.15, 0.2) is 0 Å². The second kappa shape index (κ2) is 5.32. The zero-order chi connectivity index (χ0) is 10.6. The SMILES string of the molecule is CCC(C)NC(=O)CN1CC(CO)C1. The monoisotopic (exact) mass is 200 g/mol. The number of aliphatic hydroxyl groups excluding tert-OH is 1.